The smallest absolute Gasteiger partial charge is 0.250 e. The van der Waals surface area contributed by atoms with Crippen molar-refractivity contribution in [1.82, 2.24) is 24.6 Å². The largest absolute Gasteiger partial charge is 0.375 e. The van der Waals surface area contributed by atoms with Crippen molar-refractivity contribution < 1.29 is 9.53 Å². The standard InChI is InChI=1S/C19H19N7O2S/c1-12-9-15(25-24-12)22-19-23-18(10-16-20-7-8-26(16)19)29-14-5-3-13(4-6-14)21-17(27)11-28-2/h3-10H,11H2,1-2H3,(H,21,27)(H2,22,23,24,25). The number of aromatic amines is 1. The maximum absolute atomic E-state index is 11.6. The molecule has 1 amide bonds. The summed E-state index contributed by atoms with van der Waals surface area (Å²) in [6, 6.07) is 11.4. The molecule has 0 saturated heterocycles. The highest BCUT2D eigenvalue weighted by Gasteiger charge is 2.10. The minimum absolute atomic E-state index is 0.0239. The van der Waals surface area contributed by atoms with Gasteiger partial charge < -0.3 is 15.4 Å². The van der Waals surface area contributed by atoms with Gasteiger partial charge in [0, 0.05) is 47.9 Å². The monoisotopic (exact) mass is 409 g/mol. The van der Waals surface area contributed by atoms with Gasteiger partial charge in [0.1, 0.15) is 17.3 Å². The van der Waals surface area contributed by atoms with E-state index in [1.807, 2.05) is 53.9 Å². The summed E-state index contributed by atoms with van der Waals surface area (Å²) >= 11 is 1.50. The molecule has 0 fully saturated rings. The molecule has 1 aromatic carbocycles. The second kappa shape index (κ2) is 8.33. The van der Waals surface area contributed by atoms with Gasteiger partial charge in [0.15, 0.2) is 5.82 Å². The van der Waals surface area contributed by atoms with E-state index in [9.17, 15) is 4.79 Å². The van der Waals surface area contributed by atoms with Crippen LogP contribution in [0.5, 0.6) is 0 Å². The number of hydrogen-bond donors (Lipinski definition) is 3. The number of aryl methyl sites for hydroxylation is 1. The van der Waals surface area contributed by atoms with Gasteiger partial charge in [-0.3, -0.25) is 14.3 Å². The third-order valence-electron chi connectivity index (χ3n) is 3.95. The number of nitrogens with zero attached hydrogens (tertiary/aromatic N) is 4. The van der Waals surface area contributed by atoms with Gasteiger partial charge >= 0.3 is 0 Å². The number of aromatic nitrogens is 5. The molecule has 0 aliphatic heterocycles. The number of H-pyrrole nitrogens is 1. The zero-order valence-electron chi connectivity index (χ0n) is 15.8. The lowest BCUT2D eigenvalue weighted by Gasteiger charge is -2.09. The molecular formula is C19H19N7O2S. The number of nitrogens with one attached hydrogen (secondary N) is 3. The number of hydrogen-bond acceptors (Lipinski definition) is 7. The number of ether oxygens (including phenoxy) is 1. The van der Waals surface area contributed by atoms with Crippen LogP contribution in [0.2, 0.25) is 0 Å². The predicted molar refractivity (Wildman–Crippen MR) is 111 cm³/mol. The first kappa shape index (κ1) is 19.0. The quantitative estimate of drug-likeness (QED) is 0.402. The number of anilines is 3. The van der Waals surface area contributed by atoms with Crippen LogP contribution in [0.15, 0.2) is 58.7 Å². The number of carbonyl (C=O) groups excluding carboxylic acids is 1. The summed E-state index contributed by atoms with van der Waals surface area (Å²) in [6.45, 7) is 1.96. The van der Waals surface area contributed by atoms with Gasteiger partial charge in [0.05, 0.1) is 0 Å². The van der Waals surface area contributed by atoms with Gasteiger partial charge in [0.25, 0.3) is 0 Å². The summed E-state index contributed by atoms with van der Waals surface area (Å²) in [5.74, 6) is 1.12. The van der Waals surface area contributed by atoms with E-state index in [1.54, 1.807) is 6.20 Å². The van der Waals surface area contributed by atoms with Crippen molar-refractivity contribution in [1.29, 1.82) is 0 Å². The fourth-order valence-corrected chi connectivity index (χ4v) is 3.50. The minimum Gasteiger partial charge on any atom is -0.375 e. The second-order valence-electron chi connectivity index (χ2n) is 6.24. The Morgan fingerprint density at radius 1 is 1.28 bits per heavy atom. The van der Waals surface area contributed by atoms with E-state index in [0.29, 0.717) is 17.5 Å². The lowest BCUT2D eigenvalue weighted by Crippen LogP contribution is -2.16. The Bertz CT molecular complexity index is 1140. The zero-order chi connectivity index (χ0) is 20.2. The number of fused-ring (bicyclic) bond motifs is 1. The fraction of sp³-hybridized carbons (Fsp3) is 0.158. The molecule has 0 atom stereocenters. The second-order valence-corrected chi connectivity index (χ2v) is 7.34. The zero-order valence-corrected chi connectivity index (χ0v) is 16.7. The normalized spacial score (nSPS) is 11.0. The van der Waals surface area contributed by atoms with Crippen LogP contribution in [0.3, 0.4) is 0 Å². The molecule has 9 nitrogen and oxygen atoms in total. The van der Waals surface area contributed by atoms with Gasteiger partial charge in [-0.15, -0.1) is 0 Å². The Morgan fingerprint density at radius 3 is 2.83 bits per heavy atom. The summed E-state index contributed by atoms with van der Waals surface area (Å²) in [7, 11) is 1.49. The number of methoxy groups -OCH3 is 1. The van der Waals surface area contributed by atoms with Crippen LogP contribution in [0, 0.1) is 6.92 Å². The average Bonchev–Trinajstić information content (AvgIpc) is 3.32. The van der Waals surface area contributed by atoms with E-state index < -0.39 is 0 Å². The summed E-state index contributed by atoms with van der Waals surface area (Å²) < 4.78 is 6.68. The van der Waals surface area contributed by atoms with E-state index in [-0.39, 0.29) is 12.5 Å². The van der Waals surface area contributed by atoms with Crippen LogP contribution < -0.4 is 10.6 Å². The highest BCUT2D eigenvalue weighted by atomic mass is 32.2. The van der Waals surface area contributed by atoms with Crippen LogP contribution in [0.25, 0.3) is 5.65 Å². The average molecular weight is 409 g/mol. The molecule has 4 rings (SSSR count). The van der Waals surface area contributed by atoms with Crippen LogP contribution in [-0.2, 0) is 9.53 Å². The molecule has 3 heterocycles. The van der Waals surface area contributed by atoms with E-state index in [2.05, 4.69) is 25.8 Å². The molecule has 148 valence electrons. The molecule has 3 N–H and O–H groups in total. The van der Waals surface area contributed by atoms with Gasteiger partial charge in [-0.2, -0.15) is 5.10 Å². The molecule has 0 bridgehead atoms. The first-order valence-electron chi connectivity index (χ1n) is 8.80. The topological polar surface area (TPSA) is 109 Å². The lowest BCUT2D eigenvalue weighted by atomic mass is 10.3. The molecule has 29 heavy (non-hydrogen) atoms. The molecule has 0 radical (unpaired) electrons. The van der Waals surface area contributed by atoms with Gasteiger partial charge in [-0.05, 0) is 31.2 Å². The Labute approximate surface area is 170 Å². The SMILES string of the molecule is COCC(=O)Nc1ccc(Sc2cc3nccn3c(Nc3cc(C)[nH]n3)n2)cc1. The number of benzene rings is 1. The first-order chi connectivity index (χ1) is 14.1. The van der Waals surface area contributed by atoms with Crippen LogP contribution in [0.4, 0.5) is 17.5 Å². The molecule has 0 spiro atoms. The molecule has 0 aliphatic carbocycles. The third-order valence-corrected chi connectivity index (χ3v) is 4.87. The summed E-state index contributed by atoms with van der Waals surface area (Å²) in [5, 5.41) is 13.9. The van der Waals surface area contributed by atoms with E-state index >= 15 is 0 Å². The number of amides is 1. The van der Waals surface area contributed by atoms with Crippen molar-refractivity contribution in [3.63, 3.8) is 0 Å². The molecule has 0 aliphatic rings. The minimum atomic E-state index is -0.191. The Hall–Kier alpha value is -3.37. The molecule has 3 aromatic heterocycles. The predicted octanol–water partition coefficient (Wildman–Crippen LogP) is 3.24. The van der Waals surface area contributed by atoms with Crippen molar-refractivity contribution >= 4 is 40.8 Å². The molecule has 4 aromatic rings. The molecule has 10 heteroatoms. The highest BCUT2D eigenvalue weighted by Crippen LogP contribution is 2.29. The Morgan fingerprint density at radius 2 is 2.10 bits per heavy atom. The van der Waals surface area contributed by atoms with Crippen LogP contribution in [0.1, 0.15) is 5.69 Å². The summed E-state index contributed by atoms with van der Waals surface area (Å²) in [6.07, 6.45) is 3.57. The molecular weight excluding hydrogens is 390 g/mol. The number of imidazole rings is 1. The van der Waals surface area contributed by atoms with Crippen LogP contribution >= 0.6 is 11.8 Å². The van der Waals surface area contributed by atoms with Crippen molar-refractivity contribution in [2.75, 3.05) is 24.4 Å². The number of rotatable bonds is 7. The Kier molecular flexibility index (Phi) is 5.45. The maximum Gasteiger partial charge on any atom is 0.250 e. The van der Waals surface area contributed by atoms with Crippen molar-refractivity contribution in [2.24, 2.45) is 0 Å². The van der Waals surface area contributed by atoms with Crippen molar-refractivity contribution in [2.45, 2.75) is 16.8 Å². The van der Waals surface area contributed by atoms with E-state index in [4.69, 9.17) is 9.72 Å². The maximum atomic E-state index is 11.6. The van der Waals surface area contributed by atoms with Crippen LogP contribution in [-0.4, -0.2) is 44.2 Å². The van der Waals surface area contributed by atoms with Gasteiger partial charge in [-0.25, -0.2) is 9.97 Å². The summed E-state index contributed by atoms with van der Waals surface area (Å²) in [5.41, 5.74) is 2.45. The van der Waals surface area contributed by atoms with Crippen molar-refractivity contribution in [3.8, 4) is 0 Å². The van der Waals surface area contributed by atoms with Gasteiger partial charge in [0.2, 0.25) is 11.9 Å². The lowest BCUT2D eigenvalue weighted by molar-refractivity contribution is -0.119. The highest BCUT2D eigenvalue weighted by molar-refractivity contribution is 7.99. The van der Waals surface area contributed by atoms with Crippen molar-refractivity contribution in [3.05, 3.63) is 54.5 Å². The van der Waals surface area contributed by atoms with E-state index in [0.717, 1.165) is 21.3 Å². The fourth-order valence-electron chi connectivity index (χ4n) is 2.69. The summed E-state index contributed by atoms with van der Waals surface area (Å²) in [4.78, 5) is 21.7. The third kappa shape index (κ3) is 4.55. The molecule has 0 unspecified atom stereocenters. The molecule has 0 saturated carbocycles. The first-order valence-corrected chi connectivity index (χ1v) is 9.62. The number of carbonyl (C=O) groups is 1. The van der Waals surface area contributed by atoms with Gasteiger partial charge in [-0.1, -0.05) is 11.8 Å². The van der Waals surface area contributed by atoms with E-state index in [1.165, 1.54) is 18.9 Å². The Balaban J connectivity index is 1.54.